The molecular formula is C14H21NO3. The SMILES string of the molecule is c1cc(COCC2CCCO2)c(CNC2CC2)o1. The third-order valence-corrected chi connectivity index (χ3v) is 3.55. The largest absolute Gasteiger partial charge is 0.468 e. The molecule has 4 nitrogen and oxygen atoms in total. The van der Waals surface area contributed by atoms with Crippen molar-refractivity contribution in [2.45, 2.75) is 51.0 Å². The van der Waals surface area contributed by atoms with Gasteiger partial charge in [-0.05, 0) is 31.7 Å². The van der Waals surface area contributed by atoms with Gasteiger partial charge in [0.1, 0.15) is 5.76 Å². The van der Waals surface area contributed by atoms with Crippen molar-refractivity contribution in [1.29, 1.82) is 0 Å². The predicted molar refractivity (Wildman–Crippen MR) is 67.2 cm³/mol. The van der Waals surface area contributed by atoms with Crippen LogP contribution in [0.3, 0.4) is 0 Å². The molecule has 1 saturated carbocycles. The van der Waals surface area contributed by atoms with Crippen LogP contribution in [0.25, 0.3) is 0 Å². The van der Waals surface area contributed by atoms with Gasteiger partial charge in [0.15, 0.2) is 0 Å². The van der Waals surface area contributed by atoms with Crippen LogP contribution in [0.1, 0.15) is 37.0 Å². The van der Waals surface area contributed by atoms with Gasteiger partial charge in [0.2, 0.25) is 0 Å². The first-order valence-electron chi connectivity index (χ1n) is 6.90. The number of nitrogens with one attached hydrogen (secondary N) is 1. The van der Waals surface area contributed by atoms with E-state index in [2.05, 4.69) is 5.32 Å². The van der Waals surface area contributed by atoms with E-state index in [4.69, 9.17) is 13.9 Å². The Morgan fingerprint density at radius 3 is 3.06 bits per heavy atom. The summed E-state index contributed by atoms with van der Waals surface area (Å²) in [6.07, 6.45) is 6.92. The Labute approximate surface area is 108 Å². The summed E-state index contributed by atoms with van der Waals surface area (Å²) in [6.45, 7) is 3.02. The summed E-state index contributed by atoms with van der Waals surface area (Å²) in [7, 11) is 0. The van der Waals surface area contributed by atoms with Crippen molar-refractivity contribution < 1.29 is 13.9 Å². The summed E-state index contributed by atoms with van der Waals surface area (Å²) in [4.78, 5) is 0. The zero-order valence-electron chi connectivity index (χ0n) is 10.7. The topological polar surface area (TPSA) is 43.6 Å². The molecule has 1 aliphatic heterocycles. The minimum atomic E-state index is 0.296. The van der Waals surface area contributed by atoms with Crippen molar-refractivity contribution in [2.75, 3.05) is 13.2 Å². The smallest absolute Gasteiger partial charge is 0.123 e. The second-order valence-electron chi connectivity index (χ2n) is 5.17. The molecule has 0 spiro atoms. The quantitative estimate of drug-likeness (QED) is 0.807. The molecule has 0 bridgehead atoms. The zero-order valence-corrected chi connectivity index (χ0v) is 10.7. The number of hydrogen-bond donors (Lipinski definition) is 1. The molecule has 1 aromatic rings. The average Bonchev–Trinajstić information content (AvgIpc) is 2.89. The fourth-order valence-corrected chi connectivity index (χ4v) is 2.25. The first-order chi connectivity index (χ1) is 8.92. The van der Waals surface area contributed by atoms with E-state index >= 15 is 0 Å². The molecule has 18 heavy (non-hydrogen) atoms. The Bertz CT molecular complexity index is 367. The zero-order chi connectivity index (χ0) is 12.2. The molecule has 0 amide bonds. The van der Waals surface area contributed by atoms with Gasteiger partial charge in [-0.1, -0.05) is 0 Å². The Morgan fingerprint density at radius 2 is 2.28 bits per heavy atom. The van der Waals surface area contributed by atoms with Crippen LogP contribution in [0.2, 0.25) is 0 Å². The summed E-state index contributed by atoms with van der Waals surface area (Å²) in [6, 6.07) is 2.70. The van der Waals surface area contributed by atoms with E-state index in [9.17, 15) is 0 Å². The van der Waals surface area contributed by atoms with Crippen LogP contribution in [0.15, 0.2) is 16.7 Å². The molecule has 1 atom stereocenters. The molecule has 4 heteroatoms. The normalized spacial score (nSPS) is 23.7. The van der Waals surface area contributed by atoms with E-state index in [1.54, 1.807) is 6.26 Å². The lowest BCUT2D eigenvalue weighted by atomic mass is 10.2. The Morgan fingerprint density at radius 1 is 1.33 bits per heavy atom. The summed E-state index contributed by atoms with van der Waals surface area (Å²) < 4.78 is 16.7. The summed E-state index contributed by atoms with van der Waals surface area (Å²) in [5.41, 5.74) is 1.15. The van der Waals surface area contributed by atoms with Crippen molar-refractivity contribution in [3.63, 3.8) is 0 Å². The molecule has 1 saturated heterocycles. The Balaban J connectivity index is 1.41. The van der Waals surface area contributed by atoms with Crippen molar-refractivity contribution in [3.8, 4) is 0 Å². The monoisotopic (exact) mass is 251 g/mol. The van der Waals surface area contributed by atoms with E-state index in [-0.39, 0.29) is 0 Å². The molecule has 1 aromatic heterocycles. The molecule has 3 rings (SSSR count). The van der Waals surface area contributed by atoms with Crippen molar-refractivity contribution in [3.05, 3.63) is 23.7 Å². The molecule has 0 aromatic carbocycles. The van der Waals surface area contributed by atoms with Gasteiger partial charge >= 0.3 is 0 Å². The first-order valence-corrected chi connectivity index (χ1v) is 6.90. The molecule has 1 unspecified atom stereocenters. The third-order valence-electron chi connectivity index (χ3n) is 3.55. The maximum Gasteiger partial charge on any atom is 0.123 e. The van der Waals surface area contributed by atoms with Gasteiger partial charge in [-0.2, -0.15) is 0 Å². The second-order valence-corrected chi connectivity index (χ2v) is 5.17. The van der Waals surface area contributed by atoms with E-state index < -0.39 is 0 Å². The molecule has 0 radical (unpaired) electrons. The van der Waals surface area contributed by atoms with Crippen molar-refractivity contribution >= 4 is 0 Å². The van der Waals surface area contributed by atoms with Gasteiger partial charge in [-0.15, -0.1) is 0 Å². The van der Waals surface area contributed by atoms with Gasteiger partial charge in [0.25, 0.3) is 0 Å². The number of hydrogen-bond acceptors (Lipinski definition) is 4. The van der Waals surface area contributed by atoms with Gasteiger partial charge < -0.3 is 19.2 Å². The van der Waals surface area contributed by atoms with Crippen LogP contribution in [0, 0.1) is 0 Å². The van der Waals surface area contributed by atoms with Crippen molar-refractivity contribution in [2.24, 2.45) is 0 Å². The highest BCUT2D eigenvalue weighted by molar-refractivity contribution is 5.16. The molecule has 2 fully saturated rings. The summed E-state index contributed by atoms with van der Waals surface area (Å²) in [5.74, 6) is 1.01. The predicted octanol–water partition coefficient (Wildman–Crippen LogP) is 2.23. The highest BCUT2D eigenvalue weighted by Gasteiger charge is 2.21. The van der Waals surface area contributed by atoms with Crippen LogP contribution in [-0.2, 0) is 22.6 Å². The first kappa shape index (κ1) is 12.2. The average molecular weight is 251 g/mol. The van der Waals surface area contributed by atoms with Crippen molar-refractivity contribution in [1.82, 2.24) is 5.32 Å². The number of rotatable bonds is 7. The van der Waals surface area contributed by atoms with Crippen LogP contribution in [-0.4, -0.2) is 25.4 Å². The van der Waals surface area contributed by atoms with Crippen LogP contribution >= 0.6 is 0 Å². The van der Waals surface area contributed by atoms with Gasteiger partial charge in [-0.3, -0.25) is 0 Å². The highest BCUT2D eigenvalue weighted by atomic mass is 16.5. The standard InChI is InChI=1S/C14H21NO3/c1-2-13(17-6-1)10-16-9-11-5-7-18-14(11)8-15-12-3-4-12/h5,7,12-13,15H,1-4,6,8-10H2. The lowest BCUT2D eigenvalue weighted by molar-refractivity contribution is 0.0102. The fraction of sp³-hybridized carbons (Fsp3) is 0.714. The molecule has 1 N–H and O–H groups in total. The summed E-state index contributed by atoms with van der Waals surface area (Å²) in [5, 5.41) is 3.46. The maximum absolute atomic E-state index is 5.71. The molecule has 2 heterocycles. The molecule has 1 aliphatic carbocycles. The minimum Gasteiger partial charge on any atom is -0.468 e. The van der Waals surface area contributed by atoms with Crippen LogP contribution in [0.4, 0.5) is 0 Å². The Hall–Kier alpha value is -0.840. The molecular weight excluding hydrogens is 230 g/mol. The third kappa shape index (κ3) is 3.34. The lowest BCUT2D eigenvalue weighted by Gasteiger charge is -2.10. The van der Waals surface area contributed by atoms with Crippen LogP contribution < -0.4 is 5.32 Å². The lowest BCUT2D eigenvalue weighted by Crippen LogP contribution is -2.17. The van der Waals surface area contributed by atoms with E-state index in [0.717, 1.165) is 37.3 Å². The summed E-state index contributed by atoms with van der Waals surface area (Å²) >= 11 is 0. The molecule has 2 aliphatic rings. The van der Waals surface area contributed by atoms with Gasteiger partial charge in [0, 0.05) is 18.2 Å². The maximum atomic E-state index is 5.71. The molecule has 100 valence electrons. The van der Waals surface area contributed by atoms with Gasteiger partial charge in [0.05, 0.1) is 32.1 Å². The Kier molecular flexibility index (Phi) is 3.98. The minimum absolute atomic E-state index is 0.296. The van der Waals surface area contributed by atoms with E-state index in [1.165, 1.54) is 12.8 Å². The fourth-order valence-electron chi connectivity index (χ4n) is 2.25. The number of furan rings is 1. The second kappa shape index (κ2) is 5.87. The van der Waals surface area contributed by atoms with Gasteiger partial charge in [-0.25, -0.2) is 0 Å². The number of ether oxygens (including phenoxy) is 2. The van der Waals surface area contributed by atoms with E-state index in [0.29, 0.717) is 25.4 Å². The highest BCUT2D eigenvalue weighted by Crippen LogP contribution is 2.21. The van der Waals surface area contributed by atoms with E-state index in [1.807, 2.05) is 6.07 Å². The van der Waals surface area contributed by atoms with Crippen LogP contribution in [0.5, 0.6) is 0 Å².